The van der Waals surface area contributed by atoms with Crippen molar-refractivity contribution in [3.8, 4) is 0 Å². The maximum absolute atomic E-state index is 4.47. The summed E-state index contributed by atoms with van der Waals surface area (Å²) in [6.07, 6.45) is 3.73. The maximum atomic E-state index is 4.47. The van der Waals surface area contributed by atoms with Gasteiger partial charge in [-0.15, -0.1) is 0 Å². The zero-order chi connectivity index (χ0) is 13.0. The summed E-state index contributed by atoms with van der Waals surface area (Å²) in [6.45, 7) is 4.94. The minimum Gasteiger partial charge on any atom is -0.365 e. The van der Waals surface area contributed by atoms with Gasteiger partial charge < -0.3 is 15.6 Å². The summed E-state index contributed by atoms with van der Waals surface area (Å²) < 4.78 is 0. The molecule has 2 aromatic heterocycles. The molecule has 98 valence electrons. The predicted molar refractivity (Wildman–Crippen MR) is 77.3 cm³/mol. The number of anilines is 2. The molecule has 2 rings (SSSR count). The van der Waals surface area contributed by atoms with Gasteiger partial charge in [0.1, 0.15) is 5.52 Å². The van der Waals surface area contributed by atoms with Crippen molar-refractivity contribution in [1.82, 2.24) is 19.9 Å². The van der Waals surface area contributed by atoms with E-state index in [1.54, 1.807) is 18.1 Å². The van der Waals surface area contributed by atoms with Crippen LogP contribution in [0.5, 0.6) is 0 Å². The molecule has 3 N–H and O–H groups in total. The van der Waals surface area contributed by atoms with E-state index in [1.165, 1.54) is 0 Å². The summed E-state index contributed by atoms with van der Waals surface area (Å²) in [7, 11) is 0. The SMILES string of the molecule is CCNc1nc(NC(C)CSC)c2[nH]cnc2n1. The first-order chi connectivity index (χ1) is 8.74. The first-order valence-corrected chi connectivity index (χ1v) is 7.34. The van der Waals surface area contributed by atoms with Gasteiger partial charge in [0, 0.05) is 18.3 Å². The van der Waals surface area contributed by atoms with Crippen LogP contribution in [-0.4, -0.2) is 44.5 Å². The zero-order valence-electron chi connectivity index (χ0n) is 10.8. The number of hydrogen-bond acceptors (Lipinski definition) is 6. The fourth-order valence-corrected chi connectivity index (χ4v) is 2.28. The topological polar surface area (TPSA) is 78.5 Å². The number of hydrogen-bond donors (Lipinski definition) is 3. The number of thioether (sulfide) groups is 1. The Morgan fingerprint density at radius 1 is 1.44 bits per heavy atom. The zero-order valence-corrected chi connectivity index (χ0v) is 11.6. The molecule has 0 fully saturated rings. The normalized spacial score (nSPS) is 12.6. The Kier molecular flexibility index (Phi) is 4.24. The van der Waals surface area contributed by atoms with Crippen LogP contribution in [0.3, 0.4) is 0 Å². The van der Waals surface area contributed by atoms with Gasteiger partial charge in [0.05, 0.1) is 6.33 Å². The summed E-state index contributed by atoms with van der Waals surface area (Å²) in [5.74, 6) is 2.43. The number of rotatable bonds is 6. The molecule has 0 aromatic carbocycles. The van der Waals surface area contributed by atoms with Gasteiger partial charge in [-0.25, -0.2) is 4.98 Å². The number of aromatic amines is 1. The van der Waals surface area contributed by atoms with Gasteiger partial charge >= 0.3 is 0 Å². The number of nitrogens with one attached hydrogen (secondary N) is 3. The molecule has 7 heteroatoms. The van der Waals surface area contributed by atoms with Crippen molar-refractivity contribution in [3.05, 3.63) is 6.33 Å². The number of nitrogens with zero attached hydrogens (tertiary/aromatic N) is 3. The van der Waals surface area contributed by atoms with Crippen molar-refractivity contribution < 1.29 is 0 Å². The summed E-state index contributed by atoms with van der Waals surface area (Å²) in [5, 5.41) is 6.50. The number of aromatic nitrogens is 4. The molecule has 6 nitrogen and oxygen atoms in total. The van der Waals surface area contributed by atoms with E-state index in [0.29, 0.717) is 17.6 Å². The fraction of sp³-hybridized carbons (Fsp3) is 0.545. The second-order valence-corrected chi connectivity index (χ2v) is 4.94. The average Bonchev–Trinajstić information content (AvgIpc) is 2.78. The van der Waals surface area contributed by atoms with Gasteiger partial charge in [-0.2, -0.15) is 21.7 Å². The molecule has 0 saturated carbocycles. The van der Waals surface area contributed by atoms with E-state index < -0.39 is 0 Å². The molecule has 0 saturated heterocycles. The van der Waals surface area contributed by atoms with Gasteiger partial charge in [-0.05, 0) is 20.1 Å². The van der Waals surface area contributed by atoms with E-state index in [4.69, 9.17) is 0 Å². The van der Waals surface area contributed by atoms with Crippen molar-refractivity contribution in [2.45, 2.75) is 19.9 Å². The Morgan fingerprint density at radius 2 is 2.28 bits per heavy atom. The van der Waals surface area contributed by atoms with Crippen molar-refractivity contribution in [2.24, 2.45) is 0 Å². The van der Waals surface area contributed by atoms with Crippen LogP contribution in [0.4, 0.5) is 11.8 Å². The third-order valence-corrected chi connectivity index (χ3v) is 3.25. The molecule has 0 amide bonds. The van der Waals surface area contributed by atoms with Crippen molar-refractivity contribution in [1.29, 1.82) is 0 Å². The lowest BCUT2D eigenvalue weighted by Gasteiger charge is -2.14. The summed E-state index contributed by atoms with van der Waals surface area (Å²) in [4.78, 5) is 16.1. The van der Waals surface area contributed by atoms with E-state index in [1.807, 2.05) is 6.92 Å². The number of imidazole rings is 1. The van der Waals surface area contributed by atoms with Crippen LogP contribution in [0.15, 0.2) is 6.33 Å². The van der Waals surface area contributed by atoms with Crippen LogP contribution in [0.1, 0.15) is 13.8 Å². The summed E-state index contributed by atoms with van der Waals surface area (Å²) in [5.41, 5.74) is 1.53. The Balaban J connectivity index is 2.31. The average molecular weight is 266 g/mol. The van der Waals surface area contributed by atoms with Crippen LogP contribution in [0, 0.1) is 0 Å². The molecule has 0 aliphatic heterocycles. The minimum atomic E-state index is 0.343. The lowest BCUT2D eigenvalue weighted by atomic mass is 10.3. The smallest absolute Gasteiger partial charge is 0.226 e. The highest BCUT2D eigenvalue weighted by Gasteiger charge is 2.11. The molecule has 0 radical (unpaired) electrons. The molecule has 0 aliphatic carbocycles. The Hall–Kier alpha value is -1.50. The number of H-pyrrole nitrogens is 1. The third kappa shape index (κ3) is 2.84. The van der Waals surface area contributed by atoms with E-state index >= 15 is 0 Å². The van der Waals surface area contributed by atoms with Crippen LogP contribution in [0.2, 0.25) is 0 Å². The molecule has 0 bridgehead atoms. The first-order valence-electron chi connectivity index (χ1n) is 5.95. The van der Waals surface area contributed by atoms with E-state index in [2.05, 4.69) is 43.7 Å². The largest absolute Gasteiger partial charge is 0.365 e. The molecular weight excluding hydrogens is 248 g/mol. The minimum absolute atomic E-state index is 0.343. The summed E-state index contributed by atoms with van der Waals surface area (Å²) >= 11 is 1.80. The van der Waals surface area contributed by atoms with Crippen molar-refractivity contribution in [3.63, 3.8) is 0 Å². The van der Waals surface area contributed by atoms with Gasteiger partial charge in [-0.1, -0.05) is 0 Å². The Morgan fingerprint density at radius 3 is 3.00 bits per heavy atom. The Bertz CT molecular complexity index is 511. The van der Waals surface area contributed by atoms with Gasteiger partial charge in [0.15, 0.2) is 11.5 Å². The van der Waals surface area contributed by atoms with Crippen molar-refractivity contribution in [2.75, 3.05) is 29.2 Å². The predicted octanol–water partition coefficient (Wildman–Crippen LogP) is 1.95. The quantitative estimate of drug-likeness (QED) is 0.741. The van der Waals surface area contributed by atoms with Gasteiger partial charge in [0.2, 0.25) is 5.95 Å². The molecule has 2 aromatic rings. The van der Waals surface area contributed by atoms with Gasteiger partial charge in [0.25, 0.3) is 0 Å². The van der Waals surface area contributed by atoms with E-state index in [0.717, 1.165) is 23.6 Å². The standard InChI is InChI=1S/C11H18N6S/c1-4-12-11-16-9-8(13-6-14-9)10(17-11)15-7(2)5-18-3/h6-7H,4-5H2,1-3H3,(H3,12,13,14,15,16,17). The van der Waals surface area contributed by atoms with Crippen LogP contribution < -0.4 is 10.6 Å². The molecule has 2 heterocycles. The maximum Gasteiger partial charge on any atom is 0.226 e. The molecule has 0 aliphatic rings. The summed E-state index contributed by atoms with van der Waals surface area (Å²) in [6, 6.07) is 0.343. The molecule has 0 spiro atoms. The highest BCUT2D eigenvalue weighted by atomic mass is 32.2. The second kappa shape index (κ2) is 5.90. The molecule has 1 atom stereocenters. The van der Waals surface area contributed by atoms with E-state index in [-0.39, 0.29) is 0 Å². The Labute approximate surface area is 110 Å². The molecule has 1 unspecified atom stereocenters. The lowest BCUT2D eigenvalue weighted by Crippen LogP contribution is -2.19. The van der Waals surface area contributed by atoms with Crippen LogP contribution in [-0.2, 0) is 0 Å². The number of fused-ring (bicyclic) bond motifs is 1. The first kappa shape index (κ1) is 12.9. The molecule has 18 heavy (non-hydrogen) atoms. The lowest BCUT2D eigenvalue weighted by molar-refractivity contribution is 0.903. The van der Waals surface area contributed by atoms with Crippen molar-refractivity contribution >= 4 is 34.7 Å². The monoisotopic (exact) mass is 266 g/mol. The van der Waals surface area contributed by atoms with Crippen LogP contribution in [0.25, 0.3) is 11.2 Å². The highest BCUT2D eigenvalue weighted by Crippen LogP contribution is 2.19. The van der Waals surface area contributed by atoms with Gasteiger partial charge in [-0.3, -0.25) is 0 Å². The fourth-order valence-electron chi connectivity index (χ4n) is 1.70. The molecular formula is C11H18N6S. The second-order valence-electron chi connectivity index (χ2n) is 4.03. The van der Waals surface area contributed by atoms with Crippen LogP contribution >= 0.6 is 11.8 Å². The van der Waals surface area contributed by atoms with E-state index in [9.17, 15) is 0 Å². The third-order valence-electron chi connectivity index (χ3n) is 2.42. The highest BCUT2D eigenvalue weighted by molar-refractivity contribution is 7.98.